The number of aromatic nitrogens is 1. The van der Waals surface area contributed by atoms with E-state index in [9.17, 15) is 0 Å². The van der Waals surface area contributed by atoms with Gasteiger partial charge in [0.2, 0.25) is 0 Å². The molecule has 2 heterocycles. The zero-order valence-corrected chi connectivity index (χ0v) is 8.23. The number of nitrogens with zero attached hydrogens (tertiary/aromatic N) is 1. The number of rotatable bonds is 3. The van der Waals surface area contributed by atoms with Crippen LogP contribution in [0, 0.1) is 5.92 Å². The molecule has 76 valence electrons. The molecule has 1 aromatic rings. The molecule has 3 nitrogen and oxygen atoms in total. The van der Waals surface area contributed by atoms with Gasteiger partial charge in [0.15, 0.2) is 0 Å². The van der Waals surface area contributed by atoms with Crippen LogP contribution in [0.5, 0.6) is 0 Å². The van der Waals surface area contributed by atoms with Crippen LogP contribution in [-0.4, -0.2) is 18.2 Å². The Bertz CT molecular complexity index is 270. The lowest BCUT2D eigenvalue weighted by molar-refractivity contribution is 0.182. The second kappa shape index (κ2) is 4.53. The largest absolute Gasteiger partial charge is 0.381 e. The van der Waals surface area contributed by atoms with Gasteiger partial charge in [-0.15, -0.1) is 0 Å². The molecule has 1 saturated heterocycles. The summed E-state index contributed by atoms with van der Waals surface area (Å²) in [6.45, 7) is 1.76. The third kappa shape index (κ3) is 2.30. The smallest absolute Gasteiger partial charge is 0.0495 e. The van der Waals surface area contributed by atoms with E-state index in [1.54, 1.807) is 6.20 Å². The van der Waals surface area contributed by atoms with Gasteiger partial charge in [0.1, 0.15) is 0 Å². The van der Waals surface area contributed by atoms with Crippen molar-refractivity contribution in [3.8, 4) is 0 Å². The van der Waals surface area contributed by atoms with Crippen molar-refractivity contribution in [3.05, 3.63) is 30.1 Å². The van der Waals surface area contributed by atoms with Crippen molar-refractivity contribution in [2.45, 2.75) is 18.9 Å². The Morgan fingerprint density at radius 3 is 3.21 bits per heavy atom. The van der Waals surface area contributed by atoms with Crippen LogP contribution < -0.4 is 5.73 Å². The fourth-order valence-corrected chi connectivity index (χ4v) is 1.86. The summed E-state index contributed by atoms with van der Waals surface area (Å²) in [6.07, 6.45) is 5.77. The van der Waals surface area contributed by atoms with Crippen molar-refractivity contribution < 1.29 is 4.74 Å². The van der Waals surface area contributed by atoms with Crippen LogP contribution in [0.15, 0.2) is 24.5 Å². The van der Waals surface area contributed by atoms with Gasteiger partial charge in [-0.2, -0.15) is 0 Å². The minimum atomic E-state index is 0.107. The predicted molar refractivity (Wildman–Crippen MR) is 54.7 cm³/mol. The first-order chi connectivity index (χ1) is 6.86. The number of nitrogens with two attached hydrogens (primary N) is 1. The fourth-order valence-electron chi connectivity index (χ4n) is 1.86. The van der Waals surface area contributed by atoms with Crippen LogP contribution in [0.2, 0.25) is 0 Å². The summed E-state index contributed by atoms with van der Waals surface area (Å²) >= 11 is 0. The zero-order chi connectivity index (χ0) is 9.80. The van der Waals surface area contributed by atoms with Crippen molar-refractivity contribution in [2.24, 2.45) is 11.7 Å². The maximum atomic E-state index is 6.08. The van der Waals surface area contributed by atoms with Gasteiger partial charge >= 0.3 is 0 Å². The first-order valence-electron chi connectivity index (χ1n) is 5.09. The van der Waals surface area contributed by atoms with Gasteiger partial charge in [0.05, 0.1) is 0 Å². The van der Waals surface area contributed by atoms with E-state index in [2.05, 4.69) is 4.98 Å². The fraction of sp³-hybridized carbons (Fsp3) is 0.545. The highest BCUT2D eigenvalue weighted by molar-refractivity contribution is 5.13. The maximum Gasteiger partial charge on any atom is 0.0495 e. The van der Waals surface area contributed by atoms with Crippen molar-refractivity contribution in [1.82, 2.24) is 4.98 Å². The summed E-state index contributed by atoms with van der Waals surface area (Å²) in [5.74, 6) is 0.630. The molecule has 1 aromatic heterocycles. The number of ether oxygens (including phenoxy) is 1. The van der Waals surface area contributed by atoms with Crippen LogP contribution in [0.4, 0.5) is 0 Å². The minimum Gasteiger partial charge on any atom is -0.381 e. The molecule has 1 fully saturated rings. The topological polar surface area (TPSA) is 48.1 Å². The van der Waals surface area contributed by atoms with Crippen molar-refractivity contribution in [1.29, 1.82) is 0 Å². The first-order valence-corrected chi connectivity index (χ1v) is 5.09. The molecule has 0 amide bonds. The van der Waals surface area contributed by atoms with E-state index < -0.39 is 0 Å². The summed E-state index contributed by atoms with van der Waals surface area (Å²) < 4.78 is 5.32. The molecule has 2 N–H and O–H groups in total. The molecule has 2 unspecified atom stereocenters. The van der Waals surface area contributed by atoms with Gasteiger partial charge in [0, 0.05) is 31.6 Å². The van der Waals surface area contributed by atoms with Crippen molar-refractivity contribution >= 4 is 0 Å². The van der Waals surface area contributed by atoms with E-state index in [1.165, 1.54) is 0 Å². The lowest BCUT2D eigenvalue weighted by atomic mass is 9.96. The van der Waals surface area contributed by atoms with Crippen molar-refractivity contribution in [2.75, 3.05) is 13.2 Å². The molecule has 3 heteroatoms. The number of pyridine rings is 1. The van der Waals surface area contributed by atoms with Crippen LogP contribution in [0.1, 0.15) is 24.4 Å². The van der Waals surface area contributed by atoms with E-state index in [-0.39, 0.29) is 6.04 Å². The van der Waals surface area contributed by atoms with Gasteiger partial charge in [0.25, 0.3) is 0 Å². The van der Waals surface area contributed by atoms with Gasteiger partial charge < -0.3 is 10.5 Å². The van der Waals surface area contributed by atoms with Crippen LogP contribution in [-0.2, 0) is 4.74 Å². The molecule has 0 bridgehead atoms. The molecule has 14 heavy (non-hydrogen) atoms. The van der Waals surface area contributed by atoms with Crippen molar-refractivity contribution in [3.63, 3.8) is 0 Å². The first kappa shape index (κ1) is 9.62. The summed E-state index contributed by atoms with van der Waals surface area (Å²) in [6, 6.07) is 4.07. The highest BCUT2D eigenvalue weighted by Gasteiger charge is 2.19. The molecule has 0 radical (unpaired) electrons. The van der Waals surface area contributed by atoms with E-state index in [0.29, 0.717) is 5.92 Å². The normalized spacial score (nSPS) is 23.6. The Hall–Kier alpha value is -0.930. The average molecular weight is 192 g/mol. The molecule has 1 aliphatic rings. The van der Waals surface area contributed by atoms with Gasteiger partial charge in [-0.1, -0.05) is 6.07 Å². The summed E-state index contributed by atoms with van der Waals surface area (Å²) in [5, 5.41) is 0. The highest BCUT2D eigenvalue weighted by Crippen LogP contribution is 2.24. The van der Waals surface area contributed by atoms with E-state index in [1.807, 2.05) is 18.3 Å². The second-order valence-electron chi connectivity index (χ2n) is 3.86. The third-order valence-electron chi connectivity index (χ3n) is 2.72. The Morgan fingerprint density at radius 1 is 1.64 bits per heavy atom. The second-order valence-corrected chi connectivity index (χ2v) is 3.86. The van der Waals surface area contributed by atoms with Crippen LogP contribution in [0.25, 0.3) is 0 Å². The third-order valence-corrected chi connectivity index (χ3v) is 2.72. The SMILES string of the molecule is NC(CC1CCOC1)c1cccnc1. The summed E-state index contributed by atoms with van der Waals surface area (Å²) in [5.41, 5.74) is 7.20. The molecular weight excluding hydrogens is 176 g/mol. The van der Waals surface area contributed by atoms with Gasteiger partial charge in [-0.3, -0.25) is 4.98 Å². The highest BCUT2D eigenvalue weighted by atomic mass is 16.5. The summed E-state index contributed by atoms with van der Waals surface area (Å²) in [4.78, 5) is 4.07. The Morgan fingerprint density at radius 2 is 2.57 bits per heavy atom. The van der Waals surface area contributed by atoms with E-state index in [0.717, 1.165) is 31.6 Å². The lowest BCUT2D eigenvalue weighted by Gasteiger charge is -2.14. The molecule has 0 spiro atoms. The van der Waals surface area contributed by atoms with Crippen LogP contribution >= 0.6 is 0 Å². The lowest BCUT2D eigenvalue weighted by Crippen LogP contribution is -2.15. The number of hydrogen-bond donors (Lipinski definition) is 1. The van der Waals surface area contributed by atoms with Crippen LogP contribution in [0.3, 0.4) is 0 Å². The summed E-state index contributed by atoms with van der Waals surface area (Å²) in [7, 11) is 0. The molecule has 0 saturated carbocycles. The molecule has 0 aromatic carbocycles. The van der Waals surface area contributed by atoms with Gasteiger partial charge in [-0.05, 0) is 30.4 Å². The predicted octanol–water partition coefficient (Wildman–Crippen LogP) is 1.51. The minimum absolute atomic E-state index is 0.107. The van der Waals surface area contributed by atoms with E-state index in [4.69, 9.17) is 10.5 Å². The Kier molecular flexibility index (Phi) is 3.11. The van der Waals surface area contributed by atoms with Gasteiger partial charge in [-0.25, -0.2) is 0 Å². The number of hydrogen-bond acceptors (Lipinski definition) is 3. The Balaban J connectivity index is 1.92. The molecular formula is C11H16N2O. The molecule has 2 atom stereocenters. The van der Waals surface area contributed by atoms with E-state index >= 15 is 0 Å². The molecule has 1 aliphatic heterocycles. The molecule has 0 aliphatic carbocycles. The average Bonchev–Trinajstić information content (AvgIpc) is 2.72. The standard InChI is InChI=1S/C11H16N2O/c12-11(6-9-3-5-14-8-9)10-2-1-4-13-7-10/h1-2,4,7,9,11H,3,5-6,8,12H2. The quantitative estimate of drug-likeness (QED) is 0.789. The maximum absolute atomic E-state index is 6.08. The Labute approximate surface area is 84.3 Å². The molecule has 2 rings (SSSR count). The zero-order valence-electron chi connectivity index (χ0n) is 8.23. The monoisotopic (exact) mass is 192 g/mol.